The van der Waals surface area contributed by atoms with Gasteiger partial charge in [-0.15, -0.1) is 11.3 Å². The highest BCUT2D eigenvalue weighted by Gasteiger charge is 2.10. The summed E-state index contributed by atoms with van der Waals surface area (Å²) in [5.41, 5.74) is 1.17. The highest BCUT2D eigenvalue weighted by Crippen LogP contribution is 2.20. The van der Waals surface area contributed by atoms with Gasteiger partial charge in [-0.2, -0.15) is 0 Å². The number of anilines is 2. The molecule has 1 heterocycles. The van der Waals surface area contributed by atoms with Gasteiger partial charge in [-0.25, -0.2) is 13.1 Å². The predicted octanol–water partition coefficient (Wildman–Crippen LogP) is 2.05. The maximum Gasteiger partial charge on any atom is 0.265 e. The van der Waals surface area contributed by atoms with Crippen LogP contribution in [0.1, 0.15) is 21.5 Å². The second-order valence-electron chi connectivity index (χ2n) is 5.40. The van der Waals surface area contributed by atoms with Crippen LogP contribution in [0, 0.1) is 0 Å². The van der Waals surface area contributed by atoms with E-state index in [2.05, 4.69) is 15.4 Å². The molecular formula is C16H19N3O4S2. The molecule has 134 valence electrons. The number of carbonyl (C=O) groups is 2. The second kappa shape index (κ2) is 8.24. The number of hydrogen-bond donors (Lipinski definition) is 3. The van der Waals surface area contributed by atoms with Crippen molar-refractivity contribution in [1.82, 2.24) is 4.72 Å². The zero-order valence-electron chi connectivity index (χ0n) is 13.8. The zero-order valence-corrected chi connectivity index (χ0v) is 15.5. The lowest BCUT2D eigenvalue weighted by Crippen LogP contribution is -2.24. The summed E-state index contributed by atoms with van der Waals surface area (Å²) in [6, 6.07) is 10.4. The van der Waals surface area contributed by atoms with Crippen LogP contribution in [0.3, 0.4) is 0 Å². The third-order valence-electron chi connectivity index (χ3n) is 3.06. The van der Waals surface area contributed by atoms with E-state index in [1.54, 1.807) is 36.4 Å². The van der Waals surface area contributed by atoms with Crippen molar-refractivity contribution in [3.63, 3.8) is 0 Å². The van der Waals surface area contributed by atoms with Crippen LogP contribution < -0.4 is 15.4 Å². The first-order valence-corrected chi connectivity index (χ1v) is 10.2. The van der Waals surface area contributed by atoms with Gasteiger partial charge in [0.1, 0.15) is 0 Å². The van der Waals surface area contributed by atoms with Crippen molar-refractivity contribution in [2.75, 3.05) is 23.4 Å². The molecule has 0 unspecified atom stereocenters. The maximum absolute atomic E-state index is 12.3. The molecule has 9 heteroatoms. The summed E-state index contributed by atoms with van der Waals surface area (Å²) < 4.78 is 24.5. The van der Waals surface area contributed by atoms with E-state index in [-0.39, 0.29) is 11.8 Å². The van der Waals surface area contributed by atoms with Gasteiger partial charge in [-0.1, -0.05) is 6.07 Å². The second-order valence-corrected chi connectivity index (χ2v) is 8.40. The molecule has 0 radical (unpaired) electrons. The van der Waals surface area contributed by atoms with Crippen molar-refractivity contribution in [3.05, 3.63) is 46.2 Å². The summed E-state index contributed by atoms with van der Waals surface area (Å²) in [6.45, 7) is 1.70. The van der Waals surface area contributed by atoms with E-state index in [4.69, 9.17) is 0 Å². The van der Waals surface area contributed by atoms with E-state index in [0.29, 0.717) is 29.2 Å². The molecule has 0 atom stereocenters. The molecule has 25 heavy (non-hydrogen) atoms. The van der Waals surface area contributed by atoms with Crippen molar-refractivity contribution in [2.45, 2.75) is 13.3 Å². The molecule has 1 aromatic heterocycles. The van der Waals surface area contributed by atoms with E-state index >= 15 is 0 Å². The van der Waals surface area contributed by atoms with Gasteiger partial charge in [-0.05, 0) is 36.8 Å². The lowest BCUT2D eigenvalue weighted by molar-refractivity contribution is -0.114. The van der Waals surface area contributed by atoms with Crippen LogP contribution in [0.5, 0.6) is 0 Å². The molecular weight excluding hydrogens is 362 g/mol. The standard InChI is InChI=1S/C16H19N3O4S2/c1-11(20)18-12-4-3-5-13(10-12)19-16(21)15-7-6-14(24-15)8-9-17-25(2,22)23/h3-7,10,17H,8-9H2,1-2H3,(H,18,20)(H,19,21). The molecule has 1 aromatic carbocycles. The Morgan fingerprint density at radius 1 is 1.08 bits per heavy atom. The summed E-state index contributed by atoms with van der Waals surface area (Å²) in [6.07, 6.45) is 1.62. The van der Waals surface area contributed by atoms with Crippen molar-refractivity contribution in [3.8, 4) is 0 Å². The summed E-state index contributed by atoms with van der Waals surface area (Å²) in [4.78, 5) is 24.8. The normalized spacial score (nSPS) is 11.1. The number of nitrogens with one attached hydrogen (secondary N) is 3. The van der Waals surface area contributed by atoms with E-state index in [1.165, 1.54) is 18.3 Å². The Morgan fingerprint density at radius 3 is 2.40 bits per heavy atom. The summed E-state index contributed by atoms with van der Waals surface area (Å²) in [5, 5.41) is 5.43. The molecule has 0 saturated carbocycles. The molecule has 0 spiro atoms. The largest absolute Gasteiger partial charge is 0.326 e. The Labute approximate surface area is 150 Å². The van der Waals surface area contributed by atoms with Crippen molar-refractivity contribution in [1.29, 1.82) is 0 Å². The van der Waals surface area contributed by atoms with E-state index in [9.17, 15) is 18.0 Å². The highest BCUT2D eigenvalue weighted by molar-refractivity contribution is 7.88. The van der Waals surface area contributed by atoms with Gasteiger partial charge in [-0.3, -0.25) is 9.59 Å². The number of benzene rings is 1. The number of hydrogen-bond acceptors (Lipinski definition) is 5. The van der Waals surface area contributed by atoms with Gasteiger partial charge in [0.05, 0.1) is 11.1 Å². The van der Waals surface area contributed by atoms with E-state index in [0.717, 1.165) is 11.1 Å². The number of rotatable bonds is 7. The smallest absolute Gasteiger partial charge is 0.265 e. The Bertz CT molecular complexity index is 875. The van der Waals surface area contributed by atoms with Gasteiger partial charge < -0.3 is 10.6 Å². The van der Waals surface area contributed by atoms with E-state index in [1.807, 2.05) is 0 Å². The Hall–Kier alpha value is -2.23. The first-order chi connectivity index (χ1) is 11.7. The molecule has 7 nitrogen and oxygen atoms in total. The number of amides is 2. The summed E-state index contributed by atoms with van der Waals surface area (Å²) >= 11 is 1.31. The Kier molecular flexibility index (Phi) is 6.29. The van der Waals surface area contributed by atoms with Crippen LogP contribution in [-0.2, 0) is 21.2 Å². The van der Waals surface area contributed by atoms with Crippen molar-refractivity contribution < 1.29 is 18.0 Å². The molecule has 0 bridgehead atoms. The SMILES string of the molecule is CC(=O)Nc1cccc(NC(=O)c2ccc(CCNS(C)(=O)=O)s2)c1. The van der Waals surface area contributed by atoms with Crippen LogP contribution in [0.25, 0.3) is 0 Å². The first-order valence-electron chi connectivity index (χ1n) is 7.45. The van der Waals surface area contributed by atoms with Crippen LogP contribution in [0.2, 0.25) is 0 Å². The summed E-state index contributed by atoms with van der Waals surface area (Å²) in [5.74, 6) is -0.443. The maximum atomic E-state index is 12.3. The number of sulfonamides is 1. The van der Waals surface area contributed by atoms with Crippen molar-refractivity contribution in [2.24, 2.45) is 0 Å². The molecule has 3 N–H and O–H groups in total. The van der Waals surface area contributed by atoms with Crippen molar-refractivity contribution >= 4 is 44.5 Å². The lowest BCUT2D eigenvalue weighted by atomic mass is 10.2. The average molecular weight is 381 g/mol. The average Bonchev–Trinajstić information content (AvgIpc) is 2.94. The molecule has 0 fully saturated rings. The minimum Gasteiger partial charge on any atom is -0.326 e. The molecule has 0 saturated heterocycles. The van der Waals surface area contributed by atoms with Crippen LogP contribution in [0.15, 0.2) is 36.4 Å². The fraction of sp³-hybridized carbons (Fsp3) is 0.250. The van der Waals surface area contributed by atoms with Crippen LogP contribution in [-0.4, -0.2) is 33.0 Å². The molecule has 2 aromatic rings. The van der Waals surface area contributed by atoms with Gasteiger partial charge >= 0.3 is 0 Å². The third-order valence-corrected chi connectivity index (χ3v) is 4.93. The first kappa shape index (κ1) is 19.1. The topological polar surface area (TPSA) is 104 Å². The lowest BCUT2D eigenvalue weighted by Gasteiger charge is -2.07. The fourth-order valence-corrected chi connectivity index (χ4v) is 3.44. The van der Waals surface area contributed by atoms with Gasteiger partial charge in [0.2, 0.25) is 15.9 Å². The molecule has 2 rings (SSSR count). The molecule has 0 aliphatic carbocycles. The van der Waals surface area contributed by atoms with Gasteiger partial charge in [0.25, 0.3) is 5.91 Å². The Balaban J connectivity index is 1.96. The van der Waals surface area contributed by atoms with E-state index < -0.39 is 10.0 Å². The monoisotopic (exact) mass is 381 g/mol. The number of thiophene rings is 1. The van der Waals surface area contributed by atoms with Gasteiger partial charge in [0, 0.05) is 29.7 Å². The predicted molar refractivity (Wildman–Crippen MR) is 99.6 cm³/mol. The quantitative estimate of drug-likeness (QED) is 0.683. The molecule has 0 aliphatic rings. The van der Waals surface area contributed by atoms with Crippen LogP contribution >= 0.6 is 11.3 Å². The molecule has 2 amide bonds. The fourth-order valence-electron chi connectivity index (χ4n) is 2.06. The third kappa shape index (κ3) is 6.65. The number of carbonyl (C=O) groups excluding carboxylic acids is 2. The minimum atomic E-state index is -3.21. The minimum absolute atomic E-state index is 0.186. The van der Waals surface area contributed by atoms with Crippen LogP contribution in [0.4, 0.5) is 11.4 Å². The zero-order chi connectivity index (χ0) is 18.4. The van der Waals surface area contributed by atoms with Gasteiger partial charge in [0.15, 0.2) is 0 Å². The Morgan fingerprint density at radius 2 is 1.76 bits per heavy atom. The highest BCUT2D eigenvalue weighted by atomic mass is 32.2. The molecule has 0 aliphatic heterocycles. The summed E-state index contributed by atoms with van der Waals surface area (Å²) in [7, 11) is -3.21.